The van der Waals surface area contributed by atoms with Gasteiger partial charge in [-0.3, -0.25) is 8.42 Å². The molecule has 0 saturated carbocycles. The zero-order chi connectivity index (χ0) is 8.74. The smallest absolute Gasteiger partial charge is 0.759 e. The zero-order valence-corrected chi connectivity index (χ0v) is 7.23. The van der Waals surface area contributed by atoms with E-state index in [4.69, 9.17) is 17.5 Å². The molecule has 0 saturated heterocycles. The summed E-state index contributed by atoms with van der Waals surface area (Å²) in [6.07, 6.45) is 5.83. The molecule has 0 unspecified atom stereocenters. The molecular formula is C4H4CuO6S. The van der Waals surface area contributed by atoms with Crippen molar-refractivity contribution in [2.24, 2.45) is 0 Å². The molecule has 1 heterocycles. The molecule has 1 rings (SSSR count). The number of hydrogen-bond donors (Lipinski definition) is 0. The van der Waals surface area contributed by atoms with E-state index in [9.17, 15) is 0 Å². The van der Waals surface area contributed by atoms with Crippen LogP contribution in [0.5, 0.6) is 0 Å². The van der Waals surface area contributed by atoms with Crippen LogP contribution in [-0.2, 0) is 36.9 Å². The van der Waals surface area contributed by atoms with E-state index in [-0.39, 0.29) is 17.1 Å². The van der Waals surface area contributed by atoms with Gasteiger partial charge in [0.25, 0.3) is 0 Å². The first-order valence-electron chi connectivity index (χ1n) is 2.28. The average molecular weight is 244 g/mol. The Hall–Kier alpha value is -0.531. The van der Waals surface area contributed by atoms with E-state index in [1.807, 2.05) is 0 Å². The molecule has 1 aliphatic heterocycles. The van der Waals surface area contributed by atoms with Crippen molar-refractivity contribution in [3.63, 3.8) is 0 Å². The predicted molar refractivity (Wildman–Crippen MR) is 30.9 cm³/mol. The third-order valence-electron chi connectivity index (χ3n) is 0.425. The Labute approximate surface area is 79.9 Å². The molecule has 0 amide bonds. The Balaban J connectivity index is 0. The van der Waals surface area contributed by atoms with Gasteiger partial charge in [0.1, 0.15) is 25.0 Å². The SMILES string of the molecule is C1=COC=CO1.O=S(=O)([O-])[O-].[Cu+2]. The summed E-state index contributed by atoms with van der Waals surface area (Å²) in [6.45, 7) is 0. The molecule has 8 heteroatoms. The summed E-state index contributed by atoms with van der Waals surface area (Å²) in [5.74, 6) is 0. The molecule has 0 bridgehead atoms. The summed E-state index contributed by atoms with van der Waals surface area (Å²) in [5, 5.41) is 0. The van der Waals surface area contributed by atoms with Gasteiger partial charge in [0.2, 0.25) is 0 Å². The van der Waals surface area contributed by atoms with Crippen LogP contribution in [0.1, 0.15) is 0 Å². The van der Waals surface area contributed by atoms with Gasteiger partial charge in [-0.15, -0.1) is 0 Å². The summed E-state index contributed by atoms with van der Waals surface area (Å²) in [4.78, 5) is 0. The molecule has 0 atom stereocenters. The maximum atomic E-state index is 8.52. The van der Waals surface area contributed by atoms with Crippen LogP contribution in [0.25, 0.3) is 0 Å². The van der Waals surface area contributed by atoms with Crippen molar-refractivity contribution in [2.45, 2.75) is 0 Å². The molecule has 0 N–H and O–H groups in total. The minimum absolute atomic E-state index is 0. The fourth-order valence-corrected chi connectivity index (χ4v) is 0.219. The Kier molecular flexibility index (Phi) is 8.34. The van der Waals surface area contributed by atoms with Gasteiger partial charge >= 0.3 is 17.1 Å². The number of ether oxygens (including phenoxy) is 2. The Morgan fingerprint density at radius 3 is 1.17 bits per heavy atom. The zero-order valence-electron chi connectivity index (χ0n) is 5.47. The van der Waals surface area contributed by atoms with E-state index in [0.29, 0.717) is 0 Å². The first-order valence-corrected chi connectivity index (χ1v) is 3.61. The standard InChI is InChI=1S/C4H4O2.Cu.H2O4S/c1-2-6-4-3-5-1;;1-5(2,3)4/h1-4H;;(H2,1,2,3,4)/q;+2;/p-2. The first-order chi connectivity index (χ1) is 5.00. The van der Waals surface area contributed by atoms with Crippen LogP contribution in [0.2, 0.25) is 0 Å². The van der Waals surface area contributed by atoms with E-state index in [1.165, 1.54) is 25.0 Å². The normalized spacial score (nSPS) is 12.8. The summed E-state index contributed by atoms with van der Waals surface area (Å²) in [6, 6.07) is 0. The van der Waals surface area contributed by atoms with Gasteiger partial charge in [-0.2, -0.15) is 0 Å². The average Bonchev–Trinajstić information content (AvgIpc) is 1.88. The van der Waals surface area contributed by atoms with Crippen LogP contribution in [-0.4, -0.2) is 17.5 Å². The van der Waals surface area contributed by atoms with Gasteiger partial charge in [-0.1, -0.05) is 0 Å². The van der Waals surface area contributed by atoms with Crippen LogP contribution in [0.15, 0.2) is 25.0 Å². The summed E-state index contributed by atoms with van der Waals surface area (Å²) >= 11 is 0. The quantitative estimate of drug-likeness (QED) is 0.327. The molecule has 1 radical (unpaired) electrons. The first kappa shape index (κ1) is 14.0. The minimum Gasteiger partial charge on any atom is -0.759 e. The summed E-state index contributed by atoms with van der Waals surface area (Å²) in [5.41, 5.74) is 0. The van der Waals surface area contributed by atoms with E-state index in [0.717, 1.165) is 0 Å². The predicted octanol–water partition coefficient (Wildman–Crippen LogP) is -0.365. The number of rotatable bonds is 0. The van der Waals surface area contributed by atoms with Gasteiger partial charge in [-0.05, 0) is 0 Å². The monoisotopic (exact) mass is 243 g/mol. The van der Waals surface area contributed by atoms with Gasteiger partial charge < -0.3 is 18.6 Å². The Morgan fingerprint density at radius 2 is 1.08 bits per heavy atom. The van der Waals surface area contributed by atoms with E-state index >= 15 is 0 Å². The molecule has 6 nitrogen and oxygen atoms in total. The molecule has 73 valence electrons. The van der Waals surface area contributed by atoms with Crippen LogP contribution in [0, 0.1) is 0 Å². The van der Waals surface area contributed by atoms with Gasteiger partial charge in [0, 0.05) is 10.4 Å². The molecule has 1 aliphatic rings. The second-order valence-corrected chi connectivity index (χ2v) is 2.04. The molecule has 0 aliphatic carbocycles. The third-order valence-corrected chi connectivity index (χ3v) is 0.425. The van der Waals surface area contributed by atoms with Gasteiger partial charge in [-0.25, -0.2) is 0 Å². The van der Waals surface area contributed by atoms with Crippen LogP contribution in [0.3, 0.4) is 0 Å². The van der Waals surface area contributed by atoms with E-state index in [1.54, 1.807) is 0 Å². The van der Waals surface area contributed by atoms with Crippen molar-refractivity contribution < 1.29 is 44.1 Å². The summed E-state index contributed by atoms with van der Waals surface area (Å²) in [7, 11) is -5.17. The van der Waals surface area contributed by atoms with E-state index in [2.05, 4.69) is 9.47 Å². The molecule has 0 aromatic carbocycles. The van der Waals surface area contributed by atoms with Crippen molar-refractivity contribution >= 4 is 10.4 Å². The molecule has 0 aromatic rings. The fraction of sp³-hybridized carbons (Fsp3) is 0. The van der Waals surface area contributed by atoms with Crippen molar-refractivity contribution in [1.82, 2.24) is 0 Å². The molecule has 12 heavy (non-hydrogen) atoms. The van der Waals surface area contributed by atoms with Crippen molar-refractivity contribution in [1.29, 1.82) is 0 Å². The largest absolute Gasteiger partial charge is 2.00 e. The van der Waals surface area contributed by atoms with Crippen LogP contribution in [0.4, 0.5) is 0 Å². The van der Waals surface area contributed by atoms with Crippen molar-refractivity contribution in [3.8, 4) is 0 Å². The topological polar surface area (TPSA) is 98.7 Å². The Morgan fingerprint density at radius 1 is 0.917 bits per heavy atom. The van der Waals surface area contributed by atoms with Crippen molar-refractivity contribution in [2.75, 3.05) is 0 Å². The maximum absolute atomic E-state index is 8.52. The molecular weight excluding hydrogens is 240 g/mol. The molecule has 0 aromatic heterocycles. The van der Waals surface area contributed by atoms with Gasteiger partial charge in [0.15, 0.2) is 0 Å². The summed E-state index contributed by atoms with van der Waals surface area (Å²) < 4.78 is 43.3. The minimum atomic E-state index is -5.17. The molecule has 0 spiro atoms. The third kappa shape index (κ3) is 22.7. The number of hydrogen-bond acceptors (Lipinski definition) is 6. The van der Waals surface area contributed by atoms with Gasteiger partial charge in [0.05, 0.1) is 0 Å². The fourth-order valence-electron chi connectivity index (χ4n) is 0.219. The van der Waals surface area contributed by atoms with Crippen LogP contribution >= 0.6 is 0 Å². The second kappa shape index (κ2) is 7.14. The second-order valence-electron chi connectivity index (χ2n) is 1.22. The molecule has 0 fully saturated rings. The van der Waals surface area contributed by atoms with Crippen LogP contribution < -0.4 is 0 Å². The Bertz CT molecular complexity index is 214. The maximum Gasteiger partial charge on any atom is 2.00 e. The van der Waals surface area contributed by atoms with Crippen molar-refractivity contribution in [3.05, 3.63) is 25.0 Å². The van der Waals surface area contributed by atoms with E-state index < -0.39 is 10.4 Å².